The predicted molar refractivity (Wildman–Crippen MR) is 137 cm³/mol. The molecule has 3 nitrogen and oxygen atoms in total. The molecule has 0 aromatic heterocycles. The third kappa shape index (κ3) is 3.63. The van der Waals surface area contributed by atoms with Gasteiger partial charge < -0.3 is 4.74 Å². The van der Waals surface area contributed by atoms with Crippen LogP contribution in [0.5, 0.6) is 0 Å². The van der Waals surface area contributed by atoms with Crippen molar-refractivity contribution in [2.24, 2.45) is 0 Å². The first kappa shape index (κ1) is 21.5. The van der Waals surface area contributed by atoms with E-state index < -0.39 is 0 Å². The van der Waals surface area contributed by atoms with E-state index in [2.05, 4.69) is 67.6 Å². The summed E-state index contributed by atoms with van der Waals surface area (Å²) in [6.07, 6.45) is 5.98. The summed E-state index contributed by atoms with van der Waals surface area (Å²) in [6.45, 7) is 2.45. The van der Waals surface area contributed by atoms with Gasteiger partial charge in [-0.1, -0.05) is 83.9 Å². The second-order valence-corrected chi connectivity index (χ2v) is 10.1. The van der Waals surface area contributed by atoms with Gasteiger partial charge in [-0.05, 0) is 72.1 Å². The Morgan fingerprint density at radius 2 is 1.68 bits per heavy atom. The molecule has 172 valence electrons. The van der Waals surface area contributed by atoms with E-state index in [1.807, 2.05) is 17.0 Å². The molecule has 3 aliphatic rings. The number of carbonyl (C=O) groups is 1. The van der Waals surface area contributed by atoms with Crippen LogP contribution < -0.4 is 0 Å². The number of carbonyl (C=O) groups excluding carboxylic acids is 1. The molecule has 0 radical (unpaired) electrons. The van der Waals surface area contributed by atoms with Gasteiger partial charge in [-0.3, -0.25) is 4.90 Å². The maximum absolute atomic E-state index is 13.4. The van der Waals surface area contributed by atoms with Gasteiger partial charge in [-0.25, -0.2) is 4.79 Å². The number of rotatable bonds is 3. The summed E-state index contributed by atoms with van der Waals surface area (Å²) in [5.74, 6) is 0.0817. The normalized spacial score (nSPS) is 21.0. The Hall–Kier alpha value is -3.04. The fraction of sp³-hybridized carbons (Fsp3) is 0.300. The van der Waals surface area contributed by atoms with E-state index in [-0.39, 0.29) is 24.1 Å². The van der Waals surface area contributed by atoms with Crippen molar-refractivity contribution in [2.45, 2.75) is 50.6 Å². The number of fused-ring (bicyclic) bond motifs is 5. The molecule has 2 heterocycles. The highest BCUT2D eigenvalue weighted by molar-refractivity contribution is 6.32. The van der Waals surface area contributed by atoms with Crippen molar-refractivity contribution in [1.82, 2.24) is 4.90 Å². The lowest BCUT2D eigenvalue weighted by Crippen LogP contribution is -2.51. The molecule has 0 saturated carbocycles. The molecule has 0 N–H and O–H groups in total. The summed E-state index contributed by atoms with van der Waals surface area (Å²) in [6, 6.07) is 23.3. The molecule has 1 saturated heterocycles. The van der Waals surface area contributed by atoms with Crippen LogP contribution in [0.15, 0.2) is 72.8 Å². The second kappa shape index (κ2) is 8.63. The summed E-state index contributed by atoms with van der Waals surface area (Å²) >= 11 is 6.54. The number of halogens is 1. The molecule has 1 fully saturated rings. The van der Waals surface area contributed by atoms with Crippen molar-refractivity contribution in [3.63, 3.8) is 0 Å². The van der Waals surface area contributed by atoms with E-state index in [1.165, 1.54) is 33.4 Å². The van der Waals surface area contributed by atoms with Crippen molar-refractivity contribution < 1.29 is 9.53 Å². The molecule has 2 aliphatic heterocycles. The fourth-order valence-electron chi connectivity index (χ4n) is 6.07. The average Bonchev–Trinajstić information content (AvgIpc) is 3.17. The molecule has 2 bridgehead atoms. The Labute approximate surface area is 206 Å². The summed E-state index contributed by atoms with van der Waals surface area (Å²) in [4.78, 5) is 15.4. The molecule has 34 heavy (non-hydrogen) atoms. The number of benzene rings is 3. The van der Waals surface area contributed by atoms with Crippen molar-refractivity contribution in [2.75, 3.05) is 6.61 Å². The number of piperidine rings is 1. The molecule has 2 unspecified atom stereocenters. The Morgan fingerprint density at radius 1 is 0.971 bits per heavy atom. The summed E-state index contributed by atoms with van der Waals surface area (Å²) in [5.41, 5.74) is 8.53. The van der Waals surface area contributed by atoms with Crippen molar-refractivity contribution >= 4 is 23.3 Å². The number of amides is 1. The number of ether oxygens (including phenoxy) is 1. The van der Waals surface area contributed by atoms with Gasteiger partial charge in [-0.2, -0.15) is 0 Å². The Kier molecular flexibility index (Phi) is 5.45. The van der Waals surface area contributed by atoms with Gasteiger partial charge in [0.05, 0.1) is 6.04 Å². The van der Waals surface area contributed by atoms with Gasteiger partial charge in [0.2, 0.25) is 0 Å². The molecule has 1 amide bonds. The molecular formula is C30H28ClNO2. The van der Waals surface area contributed by atoms with Crippen LogP contribution in [0.1, 0.15) is 53.9 Å². The first-order chi connectivity index (χ1) is 16.6. The molecule has 1 aliphatic carbocycles. The van der Waals surface area contributed by atoms with E-state index in [0.717, 1.165) is 36.3 Å². The maximum Gasteiger partial charge on any atom is 0.410 e. The highest BCUT2D eigenvalue weighted by atomic mass is 35.5. The Morgan fingerprint density at radius 3 is 2.38 bits per heavy atom. The standard InChI is InChI=1S/C30H28ClNO2/c1-19-13-14-29(31)27(15-19)20-16-21-7-6-8-22(17-20)32(21)30(33)34-18-28-25-11-4-2-9-23(25)24-10-3-5-12-26(24)28/h2-5,9-16,21-22,28H,6-8,17-18H2,1H3. The monoisotopic (exact) mass is 469 g/mol. The number of aryl methyl sites for hydroxylation is 1. The van der Waals surface area contributed by atoms with Crippen LogP contribution in [-0.4, -0.2) is 29.7 Å². The molecule has 2 atom stereocenters. The third-order valence-electron chi connectivity index (χ3n) is 7.65. The molecule has 4 heteroatoms. The SMILES string of the molecule is Cc1ccc(Cl)c(C2=CC3CCCC(C2)N3C(=O)OCC2c3ccccc3-c3ccccc32)c1. The first-order valence-corrected chi connectivity index (χ1v) is 12.6. The van der Waals surface area contributed by atoms with Crippen LogP contribution in [0.25, 0.3) is 16.7 Å². The van der Waals surface area contributed by atoms with Crippen LogP contribution in [0.4, 0.5) is 4.79 Å². The van der Waals surface area contributed by atoms with Crippen molar-refractivity contribution in [3.8, 4) is 11.1 Å². The summed E-state index contributed by atoms with van der Waals surface area (Å²) in [7, 11) is 0. The molecule has 3 aromatic carbocycles. The molecular weight excluding hydrogens is 442 g/mol. The minimum absolute atomic E-state index is 0.0646. The highest BCUT2D eigenvalue weighted by Crippen LogP contribution is 2.45. The van der Waals surface area contributed by atoms with Crippen molar-refractivity contribution in [1.29, 1.82) is 0 Å². The van der Waals surface area contributed by atoms with Gasteiger partial charge >= 0.3 is 6.09 Å². The zero-order valence-corrected chi connectivity index (χ0v) is 20.1. The largest absolute Gasteiger partial charge is 0.448 e. The van der Waals surface area contributed by atoms with E-state index in [0.29, 0.717) is 6.61 Å². The lowest BCUT2D eigenvalue weighted by Gasteiger charge is -2.44. The molecule has 6 rings (SSSR count). The van der Waals surface area contributed by atoms with E-state index >= 15 is 0 Å². The zero-order chi connectivity index (χ0) is 23.2. The van der Waals surface area contributed by atoms with Gasteiger partial charge in [0, 0.05) is 17.0 Å². The highest BCUT2D eigenvalue weighted by Gasteiger charge is 2.39. The topological polar surface area (TPSA) is 29.5 Å². The zero-order valence-electron chi connectivity index (χ0n) is 19.3. The Balaban J connectivity index is 1.23. The van der Waals surface area contributed by atoms with Crippen LogP contribution in [0.3, 0.4) is 0 Å². The van der Waals surface area contributed by atoms with E-state index in [4.69, 9.17) is 16.3 Å². The number of hydrogen-bond acceptors (Lipinski definition) is 2. The lowest BCUT2D eigenvalue weighted by atomic mass is 9.83. The van der Waals surface area contributed by atoms with Crippen LogP contribution in [0.2, 0.25) is 5.02 Å². The number of nitrogens with zero attached hydrogens (tertiary/aromatic N) is 1. The predicted octanol–water partition coefficient (Wildman–Crippen LogP) is 7.61. The number of hydrogen-bond donors (Lipinski definition) is 0. The molecule has 0 spiro atoms. The van der Waals surface area contributed by atoms with Crippen molar-refractivity contribution in [3.05, 3.63) is 100 Å². The smallest absolute Gasteiger partial charge is 0.410 e. The van der Waals surface area contributed by atoms with Gasteiger partial charge in [0.1, 0.15) is 6.61 Å². The van der Waals surface area contributed by atoms with E-state index in [1.54, 1.807) is 0 Å². The van der Waals surface area contributed by atoms with Gasteiger partial charge in [0.15, 0.2) is 0 Å². The second-order valence-electron chi connectivity index (χ2n) is 9.74. The summed E-state index contributed by atoms with van der Waals surface area (Å²) < 4.78 is 6.03. The Bertz CT molecular complexity index is 1250. The average molecular weight is 470 g/mol. The van der Waals surface area contributed by atoms with Gasteiger partial charge in [0.25, 0.3) is 0 Å². The fourth-order valence-corrected chi connectivity index (χ4v) is 6.31. The van der Waals surface area contributed by atoms with Crippen LogP contribution in [0, 0.1) is 6.92 Å². The molecule has 3 aromatic rings. The maximum atomic E-state index is 13.4. The first-order valence-electron chi connectivity index (χ1n) is 12.2. The van der Waals surface area contributed by atoms with Crippen LogP contribution >= 0.6 is 11.6 Å². The minimum atomic E-state index is -0.192. The summed E-state index contributed by atoms with van der Waals surface area (Å²) in [5, 5.41) is 0.782. The van der Waals surface area contributed by atoms with Gasteiger partial charge in [-0.15, -0.1) is 0 Å². The third-order valence-corrected chi connectivity index (χ3v) is 7.98. The van der Waals surface area contributed by atoms with E-state index in [9.17, 15) is 4.79 Å². The minimum Gasteiger partial charge on any atom is -0.448 e. The quantitative estimate of drug-likeness (QED) is 0.395. The van der Waals surface area contributed by atoms with Crippen LogP contribution in [-0.2, 0) is 4.74 Å². The lowest BCUT2D eigenvalue weighted by molar-refractivity contribution is 0.0539.